The summed E-state index contributed by atoms with van der Waals surface area (Å²) in [5, 5.41) is 12.2. The minimum atomic E-state index is -0.160. The fourth-order valence-corrected chi connectivity index (χ4v) is 3.43. The molecule has 0 bridgehead atoms. The molecule has 0 aromatic heterocycles. The van der Waals surface area contributed by atoms with Crippen LogP contribution in [0.2, 0.25) is 0 Å². The molecule has 0 aliphatic carbocycles. The van der Waals surface area contributed by atoms with Crippen LogP contribution in [0.15, 0.2) is 53.5 Å². The number of nitrogens with zero attached hydrogens (tertiary/aromatic N) is 1. The highest BCUT2D eigenvalue weighted by Gasteiger charge is 2.24. The molecule has 2 amide bonds. The van der Waals surface area contributed by atoms with Gasteiger partial charge in [0.25, 0.3) is 5.91 Å². The molecule has 2 aromatic carbocycles. The molecule has 0 saturated carbocycles. The molecule has 0 saturated heterocycles. The second-order valence-corrected chi connectivity index (χ2v) is 7.17. The van der Waals surface area contributed by atoms with E-state index in [1.807, 2.05) is 31.2 Å². The van der Waals surface area contributed by atoms with Crippen LogP contribution in [0.1, 0.15) is 35.2 Å². The molecule has 1 unspecified atom stereocenters. The Morgan fingerprint density at radius 1 is 1.12 bits per heavy atom. The zero-order valence-electron chi connectivity index (χ0n) is 18.3. The number of aliphatic imine (C=N–C) groups is 1. The number of carbonyl (C=O) groups excluding carboxylic acids is 2. The molecule has 3 rings (SSSR count). The van der Waals surface area contributed by atoms with Crippen LogP contribution in [0, 0.1) is 0 Å². The summed E-state index contributed by atoms with van der Waals surface area (Å²) in [5.74, 6) is 1.18. The first-order valence-corrected chi connectivity index (χ1v) is 10.4. The van der Waals surface area contributed by atoms with E-state index in [1.165, 1.54) is 0 Å². The number of carbonyl (C=O) groups is 2. The first kappa shape index (κ1) is 25.4. The highest BCUT2D eigenvalue weighted by atomic mass is 127. The summed E-state index contributed by atoms with van der Waals surface area (Å²) in [6.45, 7) is 4.16. The number of guanidine groups is 1. The summed E-state index contributed by atoms with van der Waals surface area (Å²) in [7, 11) is 1.57. The molecule has 0 fully saturated rings. The smallest absolute Gasteiger partial charge is 0.251 e. The third kappa shape index (κ3) is 7.11. The summed E-state index contributed by atoms with van der Waals surface area (Å²) in [6.07, 6.45) is 0.413. The van der Waals surface area contributed by atoms with Gasteiger partial charge in [-0.05, 0) is 36.8 Å². The lowest BCUT2D eigenvalue weighted by Gasteiger charge is -2.24. The zero-order valence-corrected chi connectivity index (χ0v) is 20.6. The molecule has 4 N–H and O–H groups in total. The summed E-state index contributed by atoms with van der Waals surface area (Å²) in [4.78, 5) is 28.9. The second kappa shape index (κ2) is 12.9. The maximum absolute atomic E-state index is 12.3. The number of para-hydroxylation sites is 1. The number of halogens is 1. The lowest BCUT2D eigenvalue weighted by atomic mass is 9.91. The summed E-state index contributed by atoms with van der Waals surface area (Å²) in [5.41, 5.74) is 2.51. The number of nitrogens with one attached hydrogen (secondary N) is 4. The summed E-state index contributed by atoms with van der Waals surface area (Å²) in [6, 6.07) is 14.9. The number of amides is 2. The van der Waals surface area contributed by atoms with Gasteiger partial charge in [0.15, 0.2) is 5.96 Å². The van der Waals surface area contributed by atoms with E-state index in [4.69, 9.17) is 4.74 Å². The number of anilines is 1. The molecule has 32 heavy (non-hydrogen) atoms. The number of methoxy groups -OCH3 is 1. The quantitative estimate of drug-likeness (QED) is 0.175. The highest BCUT2D eigenvalue weighted by molar-refractivity contribution is 14.0. The van der Waals surface area contributed by atoms with E-state index in [9.17, 15) is 9.59 Å². The van der Waals surface area contributed by atoms with Gasteiger partial charge in [0.05, 0.1) is 13.7 Å². The fraction of sp³-hybridized carbons (Fsp3) is 0.348. The Labute approximate surface area is 205 Å². The van der Waals surface area contributed by atoms with Crippen LogP contribution >= 0.6 is 24.0 Å². The van der Waals surface area contributed by atoms with Crippen LogP contribution in [0.3, 0.4) is 0 Å². The summed E-state index contributed by atoms with van der Waals surface area (Å²) < 4.78 is 5.15. The SMILES string of the molecule is CCNC(=NCC1CC(=O)Nc2ccccc21)NCCNC(=O)c1cccc(OC)c1.I. The van der Waals surface area contributed by atoms with Crippen molar-refractivity contribution in [2.45, 2.75) is 19.3 Å². The van der Waals surface area contributed by atoms with Gasteiger partial charge in [-0.1, -0.05) is 24.3 Å². The number of hydrogen-bond acceptors (Lipinski definition) is 4. The lowest BCUT2D eigenvalue weighted by Crippen LogP contribution is -2.41. The van der Waals surface area contributed by atoms with E-state index in [1.54, 1.807) is 31.4 Å². The van der Waals surface area contributed by atoms with E-state index in [-0.39, 0.29) is 41.7 Å². The molecule has 172 valence electrons. The molecule has 1 heterocycles. The van der Waals surface area contributed by atoms with Crippen molar-refractivity contribution in [3.63, 3.8) is 0 Å². The van der Waals surface area contributed by atoms with Gasteiger partial charge in [-0.15, -0.1) is 24.0 Å². The van der Waals surface area contributed by atoms with Crippen molar-refractivity contribution in [2.75, 3.05) is 38.6 Å². The van der Waals surface area contributed by atoms with Gasteiger partial charge in [-0.25, -0.2) is 0 Å². The van der Waals surface area contributed by atoms with E-state index in [2.05, 4.69) is 26.3 Å². The minimum absolute atomic E-state index is 0. The van der Waals surface area contributed by atoms with Crippen molar-refractivity contribution in [3.8, 4) is 5.75 Å². The van der Waals surface area contributed by atoms with Gasteiger partial charge < -0.3 is 26.0 Å². The Morgan fingerprint density at radius 3 is 2.69 bits per heavy atom. The van der Waals surface area contributed by atoms with Crippen LogP contribution < -0.4 is 26.0 Å². The molecular weight excluding hydrogens is 521 g/mol. The maximum Gasteiger partial charge on any atom is 0.251 e. The Morgan fingerprint density at radius 2 is 1.91 bits per heavy atom. The number of hydrogen-bond donors (Lipinski definition) is 4. The Balaban J connectivity index is 0.00000363. The minimum Gasteiger partial charge on any atom is -0.497 e. The van der Waals surface area contributed by atoms with Crippen LogP contribution in [0.5, 0.6) is 5.75 Å². The molecule has 9 heteroatoms. The van der Waals surface area contributed by atoms with Gasteiger partial charge in [0.1, 0.15) is 5.75 Å². The number of ether oxygens (including phenoxy) is 1. The van der Waals surface area contributed by atoms with Crippen LogP contribution in [-0.4, -0.2) is 51.1 Å². The van der Waals surface area contributed by atoms with E-state index >= 15 is 0 Å². The molecule has 1 aliphatic rings. The predicted octanol–water partition coefficient (Wildman–Crippen LogP) is 2.72. The van der Waals surface area contributed by atoms with Crippen LogP contribution in [0.25, 0.3) is 0 Å². The average Bonchev–Trinajstić information content (AvgIpc) is 2.79. The number of fused-ring (bicyclic) bond motifs is 1. The average molecular weight is 551 g/mol. The van der Waals surface area contributed by atoms with Crippen molar-refractivity contribution in [3.05, 3.63) is 59.7 Å². The van der Waals surface area contributed by atoms with E-state index in [0.29, 0.717) is 49.9 Å². The third-order valence-corrected chi connectivity index (χ3v) is 4.96. The monoisotopic (exact) mass is 551 g/mol. The summed E-state index contributed by atoms with van der Waals surface area (Å²) >= 11 is 0. The predicted molar refractivity (Wildman–Crippen MR) is 137 cm³/mol. The fourth-order valence-electron chi connectivity index (χ4n) is 3.43. The van der Waals surface area contributed by atoms with Gasteiger partial charge in [-0.2, -0.15) is 0 Å². The van der Waals surface area contributed by atoms with Gasteiger partial charge in [0.2, 0.25) is 5.91 Å². The molecular formula is C23H30IN5O3. The highest BCUT2D eigenvalue weighted by Crippen LogP contribution is 2.31. The van der Waals surface area contributed by atoms with Crippen LogP contribution in [0.4, 0.5) is 5.69 Å². The maximum atomic E-state index is 12.3. The Kier molecular flexibility index (Phi) is 10.3. The first-order chi connectivity index (χ1) is 15.1. The van der Waals surface area contributed by atoms with E-state index < -0.39 is 0 Å². The van der Waals surface area contributed by atoms with Gasteiger partial charge in [0, 0.05) is 43.2 Å². The largest absolute Gasteiger partial charge is 0.497 e. The van der Waals surface area contributed by atoms with Gasteiger partial charge >= 0.3 is 0 Å². The topological polar surface area (TPSA) is 104 Å². The number of benzene rings is 2. The zero-order chi connectivity index (χ0) is 22.1. The van der Waals surface area contributed by atoms with Crippen molar-refractivity contribution >= 4 is 47.4 Å². The normalized spacial score (nSPS) is 15.0. The van der Waals surface area contributed by atoms with Crippen molar-refractivity contribution in [1.29, 1.82) is 0 Å². The standard InChI is InChI=1S/C23H29N5O3.HI/c1-3-24-23(26-12-11-25-22(30)16-7-6-8-18(13-16)31-2)27-15-17-14-21(29)28-20-10-5-4-9-19(17)20;/h4-10,13,17H,3,11-12,14-15H2,1-2H3,(H,25,30)(H,28,29)(H2,24,26,27);1H. The molecule has 1 atom stereocenters. The molecule has 8 nitrogen and oxygen atoms in total. The Hall–Kier alpha value is -2.82. The molecule has 2 aromatic rings. The Bertz CT molecular complexity index is 951. The molecule has 0 spiro atoms. The van der Waals surface area contributed by atoms with Crippen molar-refractivity contribution in [1.82, 2.24) is 16.0 Å². The first-order valence-electron chi connectivity index (χ1n) is 10.4. The third-order valence-electron chi connectivity index (χ3n) is 4.96. The van der Waals surface area contributed by atoms with Crippen molar-refractivity contribution < 1.29 is 14.3 Å². The van der Waals surface area contributed by atoms with Crippen molar-refractivity contribution in [2.24, 2.45) is 4.99 Å². The lowest BCUT2D eigenvalue weighted by molar-refractivity contribution is -0.116. The van der Waals surface area contributed by atoms with E-state index in [0.717, 1.165) is 11.3 Å². The molecule has 1 aliphatic heterocycles. The van der Waals surface area contributed by atoms with Gasteiger partial charge in [-0.3, -0.25) is 14.6 Å². The second-order valence-electron chi connectivity index (χ2n) is 7.17. The molecule has 0 radical (unpaired) electrons. The number of rotatable bonds is 8. The van der Waals surface area contributed by atoms with Crippen LogP contribution in [-0.2, 0) is 4.79 Å².